The molecule has 2 fully saturated rings. The van der Waals surface area contributed by atoms with Crippen LogP contribution in [0.5, 0.6) is 0 Å². The maximum absolute atomic E-state index is 14.4. The van der Waals surface area contributed by atoms with Gasteiger partial charge in [0.1, 0.15) is 4.88 Å². The highest BCUT2D eigenvalue weighted by molar-refractivity contribution is 7.15. The minimum absolute atomic E-state index is 0.0318. The van der Waals surface area contributed by atoms with Crippen molar-refractivity contribution < 1.29 is 28.9 Å². The van der Waals surface area contributed by atoms with Gasteiger partial charge in [0.2, 0.25) is 5.91 Å². The Morgan fingerprint density at radius 1 is 1.25 bits per heavy atom. The lowest BCUT2D eigenvalue weighted by atomic mass is 9.78. The molecule has 3 atom stereocenters. The Kier molecular flexibility index (Phi) is 9.82. The molecular formula is C32H45NO6S. The number of rotatable bonds is 7. The molecule has 1 saturated carbocycles. The number of hydrogen-bond donors (Lipinski definition) is 1. The number of methoxy groups -OCH3 is 1. The molecule has 0 unspecified atom stereocenters. The summed E-state index contributed by atoms with van der Waals surface area (Å²) in [6.07, 6.45) is 6.88. The normalized spacial score (nSPS) is 28.8. The fraction of sp³-hybridized carbons (Fsp3) is 0.688. The van der Waals surface area contributed by atoms with Gasteiger partial charge in [-0.25, -0.2) is 4.79 Å². The summed E-state index contributed by atoms with van der Waals surface area (Å²) in [5.74, 6) is 6.05. The van der Waals surface area contributed by atoms with Gasteiger partial charge in [0.25, 0.3) is 0 Å². The van der Waals surface area contributed by atoms with Crippen LogP contribution in [-0.2, 0) is 19.0 Å². The van der Waals surface area contributed by atoms with Crippen LogP contribution in [0.1, 0.15) is 94.1 Å². The predicted octanol–water partition coefficient (Wildman–Crippen LogP) is 5.74. The van der Waals surface area contributed by atoms with Crippen LogP contribution in [0.4, 0.5) is 5.69 Å². The number of esters is 1. The van der Waals surface area contributed by atoms with Crippen LogP contribution in [-0.4, -0.2) is 61.7 Å². The lowest BCUT2D eigenvalue weighted by molar-refractivity contribution is -0.125. The number of nitrogens with zero attached hydrogens (tertiary/aromatic N) is 1. The smallest absolute Gasteiger partial charge is 0.350 e. The standard InChI is InChI=1S/C32H45NO6S/c1-21-7-8-26(22(2)17-21)29(34)33(23-9-14-32(36,15-10-23)20-39-24-12-16-38-19-24)27-18-25(11-13-31(3,4)5)40-28(27)30(35)37-6/h7,18,22-24,26,36H,8-10,12,14-17,19-20H2,1-6H3/t22-,23-,24-,26-,32+/m0/s1. The molecule has 4 rings (SSSR count). The van der Waals surface area contributed by atoms with E-state index < -0.39 is 11.6 Å². The molecule has 1 saturated heterocycles. The SMILES string of the molecule is COC(=O)c1sc(C#CC(C)(C)C)cc1N(C(=O)[C@H]1CC=C(C)C[C@@H]1C)[C@H]1CC[C@](O)(CO[C@H]2CCOC2)CC1. The van der Waals surface area contributed by atoms with Gasteiger partial charge in [0.15, 0.2) is 0 Å². The second kappa shape index (κ2) is 12.8. The first-order chi connectivity index (χ1) is 18.9. The summed E-state index contributed by atoms with van der Waals surface area (Å²) >= 11 is 1.28. The van der Waals surface area contributed by atoms with Gasteiger partial charge in [-0.1, -0.05) is 30.4 Å². The van der Waals surface area contributed by atoms with E-state index in [2.05, 4.69) is 31.8 Å². The van der Waals surface area contributed by atoms with Crippen LogP contribution >= 0.6 is 11.3 Å². The van der Waals surface area contributed by atoms with E-state index in [0.29, 0.717) is 55.9 Å². The Hall–Kier alpha value is -2.18. The fourth-order valence-corrected chi connectivity index (χ4v) is 6.80. The number of ether oxygens (including phenoxy) is 3. The summed E-state index contributed by atoms with van der Waals surface area (Å²) in [6, 6.07) is 1.73. The first kappa shape index (κ1) is 30.8. The average Bonchev–Trinajstić information content (AvgIpc) is 3.57. The van der Waals surface area contributed by atoms with Crippen molar-refractivity contribution in [3.8, 4) is 11.8 Å². The Bertz CT molecular complexity index is 1150. The third-order valence-corrected chi connectivity index (χ3v) is 9.26. The van der Waals surface area contributed by atoms with Crippen molar-refractivity contribution in [3.05, 3.63) is 27.5 Å². The highest BCUT2D eigenvalue weighted by atomic mass is 32.1. The van der Waals surface area contributed by atoms with Crippen molar-refractivity contribution in [2.45, 2.75) is 97.3 Å². The summed E-state index contributed by atoms with van der Waals surface area (Å²) in [6.45, 7) is 11.9. The molecule has 2 heterocycles. The first-order valence-corrected chi connectivity index (χ1v) is 15.4. The van der Waals surface area contributed by atoms with Crippen LogP contribution in [0.2, 0.25) is 0 Å². The molecule has 1 amide bonds. The second-order valence-corrected chi connectivity index (χ2v) is 13.9. The van der Waals surface area contributed by atoms with Crippen molar-refractivity contribution in [1.82, 2.24) is 0 Å². The quantitative estimate of drug-likeness (QED) is 0.255. The van der Waals surface area contributed by atoms with Gasteiger partial charge in [-0.15, -0.1) is 11.3 Å². The Morgan fingerprint density at radius 2 is 1.98 bits per heavy atom. The van der Waals surface area contributed by atoms with E-state index in [1.807, 2.05) is 31.7 Å². The number of carbonyl (C=O) groups excluding carboxylic acids is 2. The average molecular weight is 572 g/mol. The largest absolute Gasteiger partial charge is 0.465 e. The summed E-state index contributed by atoms with van der Waals surface area (Å²) in [4.78, 5) is 30.3. The minimum atomic E-state index is -0.936. The lowest BCUT2D eigenvalue weighted by Gasteiger charge is -2.42. The summed E-state index contributed by atoms with van der Waals surface area (Å²) in [5.41, 5.74) is 0.750. The van der Waals surface area contributed by atoms with Crippen molar-refractivity contribution in [1.29, 1.82) is 0 Å². The summed E-state index contributed by atoms with van der Waals surface area (Å²) in [5, 5.41) is 11.3. The molecule has 1 N–H and O–H groups in total. The monoisotopic (exact) mass is 571 g/mol. The van der Waals surface area contributed by atoms with Crippen molar-refractivity contribution >= 4 is 28.9 Å². The van der Waals surface area contributed by atoms with Gasteiger partial charge < -0.3 is 24.2 Å². The zero-order valence-corrected chi connectivity index (χ0v) is 25.7. The van der Waals surface area contributed by atoms with Crippen molar-refractivity contribution in [2.75, 3.05) is 31.8 Å². The van der Waals surface area contributed by atoms with Gasteiger partial charge in [-0.3, -0.25) is 4.79 Å². The van der Waals surface area contributed by atoms with E-state index in [-0.39, 0.29) is 41.9 Å². The third kappa shape index (κ3) is 7.55. The van der Waals surface area contributed by atoms with Gasteiger partial charge in [-0.05, 0) is 84.6 Å². The Morgan fingerprint density at radius 3 is 2.58 bits per heavy atom. The Labute approximate surface area is 243 Å². The number of allylic oxidation sites excluding steroid dienone is 2. The fourth-order valence-electron chi connectivity index (χ4n) is 5.88. The number of anilines is 1. The Balaban J connectivity index is 1.64. The molecule has 40 heavy (non-hydrogen) atoms. The number of thiophene rings is 1. The van der Waals surface area contributed by atoms with E-state index in [1.165, 1.54) is 24.0 Å². The van der Waals surface area contributed by atoms with Gasteiger partial charge >= 0.3 is 5.97 Å². The van der Waals surface area contributed by atoms with E-state index in [0.717, 1.165) is 17.7 Å². The van der Waals surface area contributed by atoms with Gasteiger partial charge in [-0.2, -0.15) is 0 Å². The molecule has 8 heteroatoms. The minimum Gasteiger partial charge on any atom is -0.465 e. The van der Waals surface area contributed by atoms with Crippen LogP contribution in [0, 0.1) is 29.1 Å². The zero-order chi connectivity index (χ0) is 29.1. The molecule has 1 aliphatic heterocycles. The number of hydrogen-bond acceptors (Lipinski definition) is 7. The van der Waals surface area contributed by atoms with Crippen LogP contribution in [0.15, 0.2) is 17.7 Å². The van der Waals surface area contributed by atoms with E-state index >= 15 is 0 Å². The predicted molar refractivity (Wildman–Crippen MR) is 158 cm³/mol. The molecule has 7 nitrogen and oxygen atoms in total. The first-order valence-electron chi connectivity index (χ1n) is 14.5. The molecular weight excluding hydrogens is 526 g/mol. The molecule has 0 bridgehead atoms. The molecule has 1 aromatic rings. The van der Waals surface area contributed by atoms with Crippen molar-refractivity contribution in [3.63, 3.8) is 0 Å². The van der Waals surface area contributed by atoms with Crippen molar-refractivity contribution in [2.24, 2.45) is 17.3 Å². The number of carbonyl (C=O) groups is 2. The molecule has 0 spiro atoms. The third-order valence-electron chi connectivity index (χ3n) is 8.24. The maximum atomic E-state index is 14.4. The maximum Gasteiger partial charge on any atom is 0.350 e. The van der Waals surface area contributed by atoms with Crippen LogP contribution in [0.3, 0.4) is 0 Å². The molecule has 1 aromatic heterocycles. The van der Waals surface area contributed by atoms with E-state index in [9.17, 15) is 14.7 Å². The summed E-state index contributed by atoms with van der Waals surface area (Å²) in [7, 11) is 1.37. The van der Waals surface area contributed by atoms with Gasteiger partial charge in [0.05, 0.1) is 42.6 Å². The molecule has 220 valence electrons. The topological polar surface area (TPSA) is 85.3 Å². The zero-order valence-electron chi connectivity index (χ0n) is 24.9. The molecule has 0 aromatic carbocycles. The number of aliphatic hydroxyl groups is 1. The summed E-state index contributed by atoms with van der Waals surface area (Å²) < 4.78 is 16.5. The molecule has 0 radical (unpaired) electrons. The molecule has 2 aliphatic carbocycles. The van der Waals surface area contributed by atoms with Crippen LogP contribution < -0.4 is 4.90 Å². The van der Waals surface area contributed by atoms with E-state index in [1.54, 1.807) is 0 Å². The second-order valence-electron chi connectivity index (χ2n) is 12.9. The highest BCUT2D eigenvalue weighted by Crippen LogP contribution is 2.41. The highest BCUT2D eigenvalue weighted by Gasteiger charge is 2.42. The number of amides is 1. The van der Waals surface area contributed by atoms with Crippen LogP contribution in [0.25, 0.3) is 0 Å². The van der Waals surface area contributed by atoms with E-state index in [4.69, 9.17) is 14.2 Å². The molecule has 3 aliphatic rings. The van der Waals surface area contributed by atoms with Gasteiger partial charge in [0, 0.05) is 24.0 Å². The lowest BCUT2D eigenvalue weighted by Crippen LogP contribution is -2.51.